The van der Waals surface area contributed by atoms with Crippen LogP contribution in [0.15, 0.2) is 54.6 Å². The maximum absolute atomic E-state index is 11.7. The van der Waals surface area contributed by atoms with Crippen molar-refractivity contribution in [1.29, 1.82) is 0 Å². The highest BCUT2D eigenvalue weighted by Crippen LogP contribution is 2.32. The van der Waals surface area contributed by atoms with Crippen molar-refractivity contribution in [2.75, 3.05) is 17.3 Å². The van der Waals surface area contributed by atoms with Crippen LogP contribution in [-0.2, 0) is 58.9 Å². The second kappa shape index (κ2) is 18.4. The highest BCUT2D eigenvalue weighted by atomic mass is 32.2. The molecular weight excluding hydrogens is 656 g/mol. The van der Waals surface area contributed by atoms with E-state index in [0.717, 1.165) is 33.9 Å². The van der Waals surface area contributed by atoms with Crippen molar-refractivity contribution < 1.29 is 57.2 Å². The summed E-state index contributed by atoms with van der Waals surface area (Å²) in [6.45, 7) is 7.57. The molecule has 3 aromatic carbocycles. The summed E-state index contributed by atoms with van der Waals surface area (Å²) in [5, 5.41) is 0. The summed E-state index contributed by atoms with van der Waals surface area (Å²) in [5.74, 6) is -0.153. The average molecular weight is 696 g/mol. The molecule has 0 aromatic heterocycles. The minimum Gasteiger partial charge on any atom is -0.423 e. The van der Waals surface area contributed by atoms with Crippen LogP contribution < -0.4 is 28.4 Å². The quantitative estimate of drug-likeness (QED) is 0.121. The number of aryl methyl sites for hydroxylation is 3. The molecule has 12 nitrogen and oxygen atoms in total. The molecule has 0 spiro atoms. The monoisotopic (exact) mass is 695 g/mol. The molecule has 0 bridgehead atoms. The van der Waals surface area contributed by atoms with E-state index in [-0.39, 0.29) is 45.4 Å². The minimum absolute atomic E-state index is 0.145. The van der Waals surface area contributed by atoms with Gasteiger partial charge in [-0.15, -0.1) is 0 Å². The van der Waals surface area contributed by atoms with Crippen LogP contribution in [0.3, 0.4) is 0 Å². The number of carbonyl (C=O) groups excluding carboxylic acids is 6. The van der Waals surface area contributed by atoms with Crippen molar-refractivity contribution in [2.45, 2.75) is 60.8 Å². The summed E-state index contributed by atoms with van der Waals surface area (Å²) < 4.78 is 31.5. The maximum Gasteiger partial charge on any atom is 0.308 e. The van der Waals surface area contributed by atoms with Crippen molar-refractivity contribution in [3.63, 3.8) is 0 Å². The zero-order valence-corrected chi connectivity index (χ0v) is 29.1. The molecule has 0 unspecified atom stereocenters. The topological polar surface area (TPSA) is 158 Å². The Hall–Kier alpha value is -5.17. The highest BCUT2D eigenvalue weighted by Gasteiger charge is 2.22. The Kier molecular flexibility index (Phi) is 14.4. The second-order valence-electron chi connectivity index (χ2n) is 10.9. The van der Waals surface area contributed by atoms with Crippen molar-refractivity contribution >= 4 is 46.7 Å². The van der Waals surface area contributed by atoms with Crippen LogP contribution in [0.25, 0.3) is 0 Å². The Morgan fingerprint density at radius 3 is 0.837 bits per heavy atom. The van der Waals surface area contributed by atoms with Gasteiger partial charge in [-0.25, -0.2) is 0 Å². The molecule has 0 aliphatic heterocycles. The number of hydrogen-bond acceptors (Lipinski definition) is 12. The molecule has 260 valence electrons. The summed E-state index contributed by atoms with van der Waals surface area (Å²) in [6.07, 6.45) is 1.85. The van der Waals surface area contributed by atoms with E-state index < -0.39 is 35.8 Å². The average Bonchev–Trinajstić information content (AvgIpc) is 2.98. The lowest BCUT2D eigenvalue weighted by atomic mass is 10.1. The van der Waals surface area contributed by atoms with Gasteiger partial charge in [-0.3, -0.25) is 28.8 Å². The fourth-order valence-electron chi connectivity index (χ4n) is 4.64. The van der Waals surface area contributed by atoms with Crippen LogP contribution in [-0.4, -0.2) is 53.1 Å². The van der Waals surface area contributed by atoms with E-state index in [1.807, 2.05) is 18.2 Å². The van der Waals surface area contributed by atoms with Crippen molar-refractivity contribution in [3.8, 4) is 34.5 Å². The third-order valence-corrected chi connectivity index (χ3v) is 8.93. The molecule has 0 N–H and O–H groups in total. The summed E-state index contributed by atoms with van der Waals surface area (Å²) in [7, 11) is -0.201. The normalized spacial score (nSPS) is 10.6. The fourth-order valence-corrected chi connectivity index (χ4v) is 6.82. The van der Waals surface area contributed by atoms with E-state index in [1.165, 1.54) is 41.5 Å². The van der Waals surface area contributed by atoms with Crippen LogP contribution in [0.1, 0.15) is 58.2 Å². The first-order valence-corrected chi connectivity index (χ1v) is 17.0. The predicted octanol–water partition coefficient (Wildman–Crippen LogP) is 4.88. The molecule has 0 heterocycles. The van der Waals surface area contributed by atoms with Gasteiger partial charge < -0.3 is 28.4 Å². The lowest BCUT2D eigenvalue weighted by molar-refractivity contribution is -0.134. The molecule has 0 fully saturated rings. The lowest BCUT2D eigenvalue weighted by Gasteiger charge is -2.14. The molecule has 0 radical (unpaired) electrons. The first kappa shape index (κ1) is 38.3. The van der Waals surface area contributed by atoms with Gasteiger partial charge in [-0.05, 0) is 64.0 Å². The molecule has 49 heavy (non-hydrogen) atoms. The van der Waals surface area contributed by atoms with Crippen molar-refractivity contribution in [1.82, 2.24) is 0 Å². The van der Waals surface area contributed by atoms with Crippen LogP contribution in [0.5, 0.6) is 34.5 Å². The van der Waals surface area contributed by atoms with Gasteiger partial charge >= 0.3 is 35.8 Å². The predicted molar refractivity (Wildman–Crippen MR) is 180 cm³/mol. The second-order valence-corrected chi connectivity index (χ2v) is 13.3. The first-order chi connectivity index (χ1) is 23.2. The molecule has 0 aliphatic rings. The van der Waals surface area contributed by atoms with E-state index >= 15 is 0 Å². The van der Waals surface area contributed by atoms with Gasteiger partial charge in [0, 0.05) is 60.8 Å². The Morgan fingerprint density at radius 2 is 0.612 bits per heavy atom. The lowest BCUT2D eigenvalue weighted by Crippen LogP contribution is -2.21. The van der Waals surface area contributed by atoms with E-state index in [2.05, 4.69) is 0 Å². The number of hydrogen-bond donors (Lipinski definition) is 0. The summed E-state index contributed by atoms with van der Waals surface area (Å²) >= 11 is 0. The highest BCUT2D eigenvalue weighted by molar-refractivity contribution is 7.96. The van der Waals surface area contributed by atoms with Crippen molar-refractivity contribution in [2.24, 2.45) is 0 Å². The first-order valence-electron chi connectivity index (χ1n) is 15.3. The largest absolute Gasteiger partial charge is 0.423 e. The zero-order chi connectivity index (χ0) is 36.1. The van der Waals surface area contributed by atoms with Crippen LogP contribution >= 0.6 is 0 Å². The summed E-state index contributed by atoms with van der Waals surface area (Å²) in [5.41, 5.74) is 2.61. The van der Waals surface area contributed by atoms with E-state index in [0.29, 0.717) is 19.3 Å². The van der Waals surface area contributed by atoms with Crippen molar-refractivity contribution in [3.05, 3.63) is 71.3 Å². The maximum atomic E-state index is 11.7. The number of esters is 6. The van der Waals surface area contributed by atoms with Gasteiger partial charge in [0.2, 0.25) is 0 Å². The van der Waals surface area contributed by atoms with Gasteiger partial charge in [-0.1, -0.05) is 18.2 Å². The molecule has 3 aromatic rings. The molecule has 0 saturated carbocycles. The Morgan fingerprint density at radius 1 is 0.388 bits per heavy atom. The third kappa shape index (κ3) is 13.5. The van der Waals surface area contributed by atoms with Gasteiger partial charge in [0.15, 0.2) is 34.5 Å². The SMILES string of the molecule is CC(=O)Oc1ccc(CC[S+](CCc2ccc(OC(C)=O)c(OC(C)=O)c2)CCc2ccc(OC(C)=O)c(OC(C)=O)c2)cc1OC(C)=O. The number of benzene rings is 3. The van der Waals surface area contributed by atoms with Crippen LogP contribution in [0, 0.1) is 0 Å². The Bertz CT molecular complexity index is 1520. The molecule has 13 heteroatoms. The molecule has 0 amide bonds. The number of rotatable bonds is 15. The Balaban J connectivity index is 1.86. The van der Waals surface area contributed by atoms with Crippen LogP contribution in [0.2, 0.25) is 0 Å². The molecule has 0 aliphatic carbocycles. The standard InChI is InChI=1S/C36H39O12S/c1-22(37)43-31-10-7-28(19-34(31)46-25(4)40)13-16-49(17-14-29-8-11-32(44-23(2)38)35(20-29)47-26(5)41)18-15-30-9-12-33(45-24(3)39)36(21-30)48-27(6)42/h7-12,19-21H,13-18H2,1-6H3/q+1. The van der Waals surface area contributed by atoms with Gasteiger partial charge in [0.05, 0.1) is 0 Å². The van der Waals surface area contributed by atoms with E-state index in [9.17, 15) is 28.8 Å². The van der Waals surface area contributed by atoms with Gasteiger partial charge in [0.25, 0.3) is 0 Å². The van der Waals surface area contributed by atoms with E-state index in [1.54, 1.807) is 36.4 Å². The fraction of sp³-hybridized carbons (Fsp3) is 0.333. The van der Waals surface area contributed by atoms with Gasteiger partial charge in [-0.2, -0.15) is 0 Å². The van der Waals surface area contributed by atoms with Crippen LogP contribution in [0.4, 0.5) is 0 Å². The van der Waals surface area contributed by atoms with Gasteiger partial charge in [0.1, 0.15) is 17.3 Å². The molecular formula is C36H39O12S+. The number of ether oxygens (including phenoxy) is 6. The molecule has 3 rings (SSSR count). The smallest absolute Gasteiger partial charge is 0.308 e. The summed E-state index contributed by atoms with van der Waals surface area (Å²) in [6, 6.07) is 15.3. The third-order valence-electron chi connectivity index (χ3n) is 6.58. The summed E-state index contributed by atoms with van der Waals surface area (Å²) in [4.78, 5) is 69.8. The minimum atomic E-state index is -0.550. The number of carbonyl (C=O) groups is 6. The van der Waals surface area contributed by atoms with E-state index in [4.69, 9.17) is 28.4 Å². The Labute approximate surface area is 287 Å². The zero-order valence-electron chi connectivity index (χ0n) is 28.2. The molecule has 0 atom stereocenters. The molecule has 0 saturated heterocycles.